The largest absolute Gasteiger partial charge is 0.477 e. The first kappa shape index (κ1) is 24.1. The van der Waals surface area contributed by atoms with Crippen LogP contribution in [0.1, 0.15) is 29.9 Å². The Morgan fingerprint density at radius 3 is 2.42 bits per heavy atom. The molecule has 0 radical (unpaired) electrons. The number of hydrogen-bond acceptors (Lipinski definition) is 3. The van der Waals surface area contributed by atoms with Crippen molar-refractivity contribution in [1.29, 1.82) is 5.26 Å². The highest BCUT2D eigenvalue weighted by Crippen LogP contribution is 2.49. The molecule has 1 aliphatic rings. The van der Waals surface area contributed by atoms with Crippen LogP contribution in [0.2, 0.25) is 0 Å². The summed E-state index contributed by atoms with van der Waals surface area (Å²) in [7, 11) is 0. The van der Waals surface area contributed by atoms with Crippen LogP contribution in [0.4, 0.5) is 0 Å². The van der Waals surface area contributed by atoms with Crippen molar-refractivity contribution in [3.63, 3.8) is 0 Å². The van der Waals surface area contributed by atoms with Crippen LogP contribution in [-0.2, 0) is 10.2 Å². The molecule has 40 heavy (non-hydrogen) atoms. The van der Waals surface area contributed by atoms with E-state index < -0.39 is 5.97 Å². The van der Waals surface area contributed by atoms with Crippen molar-refractivity contribution >= 4 is 45.2 Å². The highest BCUT2D eigenvalue weighted by Gasteiger charge is 2.35. The number of nitriles is 1. The van der Waals surface area contributed by atoms with E-state index in [9.17, 15) is 9.90 Å². The summed E-state index contributed by atoms with van der Waals surface area (Å²) in [5.41, 5.74) is 9.45. The SMILES string of the molecule is CC1(C)c2ccccc2-c2ccc(-n3c4ccccc4c4cc(-c5ccc(/C=C(/C#N)C(=O)O)s5)ccc43)cc21. The number of rotatable bonds is 4. The maximum atomic E-state index is 11.3. The van der Waals surface area contributed by atoms with Gasteiger partial charge in [-0.2, -0.15) is 5.26 Å². The smallest absolute Gasteiger partial charge is 0.346 e. The Morgan fingerprint density at radius 2 is 1.60 bits per heavy atom. The van der Waals surface area contributed by atoms with Gasteiger partial charge >= 0.3 is 5.97 Å². The predicted molar refractivity (Wildman–Crippen MR) is 163 cm³/mol. The second kappa shape index (κ2) is 8.81. The van der Waals surface area contributed by atoms with Crippen molar-refractivity contribution in [2.24, 2.45) is 0 Å². The van der Waals surface area contributed by atoms with Gasteiger partial charge in [0, 0.05) is 31.6 Å². The van der Waals surface area contributed by atoms with Gasteiger partial charge in [0.15, 0.2) is 0 Å². The molecule has 1 aliphatic carbocycles. The topological polar surface area (TPSA) is 66.0 Å². The molecular weight excluding hydrogens is 512 g/mol. The summed E-state index contributed by atoms with van der Waals surface area (Å²) in [6.07, 6.45) is 1.43. The molecule has 2 aromatic heterocycles. The van der Waals surface area contributed by atoms with E-state index >= 15 is 0 Å². The predicted octanol–water partition coefficient (Wildman–Crippen LogP) is 8.81. The minimum absolute atomic E-state index is 0.0781. The minimum atomic E-state index is -1.22. The molecule has 4 aromatic carbocycles. The summed E-state index contributed by atoms with van der Waals surface area (Å²) < 4.78 is 2.35. The molecule has 0 saturated heterocycles. The number of hydrogen-bond donors (Lipinski definition) is 1. The normalized spacial score (nSPS) is 13.8. The number of fused-ring (bicyclic) bond motifs is 6. The molecule has 0 amide bonds. The summed E-state index contributed by atoms with van der Waals surface area (Å²) in [5.74, 6) is -1.22. The lowest BCUT2D eigenvalue weighted by Gasteiger charge is -2.22. The van der Waals surface area contributed by atoms with Gasteiger partial charge in [-0.25, -0.2) is 4.79 Å². The Bertz CT molecular complexity index is 2080. The lowest BCUT2D eigenvalue weighted by molar-refractivity contribution is -0.132. The molecule has 0 fully saturated rings. The molecule has 0 unspecified atom stereocenters. The summed E-state index contributed by atoms with van der Waals surface area (Å²) >= 11 is 1.47. The number of aliphatic carboxylic acids is 1. The molecule has 1 N–H and O–H groups in total. The molecule has 0 atom stereocenters. The molecular formula is C35H24N2O2S. The molecule has 0 spiro atoms. The van der Waals surface area contributed by atoms with E-state index in [1.54, 1.807) is 6.07 Å². The Kier molecular flexibility index (Phi) is 5.31. The maximum Gasteiger partial charge on any atom is 0.346 e. The number of benzene rings is 4. The van der Waals surface area contributed by atoms with Crippen molar-refractivity contribution in [1.82, 2.24) is 4.57 Å². The van der Waals surface area contributed by atoms with Crippen molar-refractivity contribution in [2.45, 2.75) is 19.3 Å². The number of para-hydroxylation sites is 1. The number of carboxylic acids is 1. The highest BCUT2D eigenvalue weighted by atomic mass is 32.1. The van der Waals surface area contributed by atoms with Gasteiger partial charge < -0.3 is 9.67 Å². The molecule has 5 heteroatoms. The Balaban J connectivity index is 1.38. The molecule has 2 heterocycles. The van der Waals surface area contributed by atoms with Gasteiger partial charge in [-0.15, -0.1) is 11.3 Å². The number of carboxylic acid groups (broad SMARTS) is 1. The van der Waals surface area contributed by atoms with E-state index in [-0.39, 0.29) is 11.0 Å². The third-order valence-electron chi connectivity index (χ3n) is 8.05. The number of nitrogens with zero attached hydrogens (tertiary/aromatic N) is 2. The summed E-state index contributed by atoms with van der Waals surface area (Å²) in [5, 5.41) is 20.7. The molecule has 0 aliphatic heterocycles. The first-order valence-electron chi connectivity index (χ1n) is 13.1. The standard InChI is InChI=1S/C35H24N2O2S/c1-35(2)29-9-5-3-7-25(29)26-14-12-23(19-30(26)35)37-31-10-6-4-8-27(31)28-18-21(11-15-32(28)37)33-16-13-24(40-33)17-22(20-36)34(38)39/h3-19H,1-2H3,(H,38,39)/b22-17-. The van der Waals surface area contributed by atoms with Gasteiger partial charge in [-0.05, 0) is 76.4 Å². The van der Waals surface area contributed by atoms with Crippen molar-refractivity contribution in [3.05, 3.63) is 119 Å². The van der Waals surface area contributed by atoms with Crippen LogP contribution in [0.15, 0.2) is 103 Å². The average molecular weight is 537 g/mol. The summed E-state index contributed by atoms with van der Waals surface area (Å²) in [6.45, 7) is 4.61. The van der Waals surface area contributed by atoms with E-state index in [1.165, 1.54) is 45.1 Å². The van der Waals surface area contributed by atoms with Crippen LogP contribution >= 0.6 is 11.3 Å². The monoisotopic (exact) mass is 536 g/mol. The second-order valence-electron chi connectivity index (χ2n) is 10.7. The Hall–Kier alpha value is -4.92. The first-order valence-corrected chi connectivity index (χ1v) is 13.9. The third kappa shape index (κ3) is 3.54. The second-order valence-corrected chi connectivity index (χ2v) is 11.8. The molecule has 192 valence electrons. The number of aromatic nitrogens is 1. The van der Waals surface area contributed by atoms with Crippen LogP contribution in [0.3, 0.4) is 0 Å². The van der Waals surface area contributed by atoms with Crippen LogP contribution < -0.4 is 0 Å². The lowest BCUT2D eigenvalue weighted by atomic mass is 9.82. The van der Waals surface area contributed by atoms with E-state index in [0.29, 0.717) is 0 Å². The van der Waals surface area contributed by atoms with Gasteiger partial charge in [-0.1, -0.05) is 68.4 Å². The molecule has 0 bridgehead atoms. The van der Waals surface area contributed by atoms with Crippen LogP contribution in [0.5, 0.6) is 0 Å². The van der Waals surface area contributed by atoms with Gasteiger partial charge in [0.25, 0.3) is 0 Å². The molecule has 6 aromatic rings. The fourth-order valence-electron chi connectivity index (χ4n) is 6.11. The molecule has 4 nitrogen and oxygen atoms in total. The van der Waals surface area contributed by atoms with Gasteiger partial charge in [-0.3, -0.25) is 0 Å². The van der Waals surface area contributed by atoms with Crippen molar-refractivity contribution in [2.75, 3.05) is 0 Å². The highest BCUT2D eigenvalue weighted by molar-refractivity contribution is 7.16. The van der Waals surface area contributed by atoms with E-state index in [2.05, 4.69) is 103 Å². The fourth-order valence-corrected chi connectivity index (χ4v) is 7.05. The zero-order chi connectivity index (χ0) is 27.6. The Labute approximate surface area is 235 Å². The van der Waals surface area contributed by atoms with Crippen LogP contribution in [0.25, 0.3) is 55.1 Å². The zero-order valence-electron chi connectivity index (χ0n) is 22.0. The van der Waals surface area contributed by atoms with Crippen molar-refractivity contribution in [3.8, 4) is 33.3 Å². The third-order valence-corrected chi connectivity index (χ3v) is 9.13. The number of carbonyl (C=O) groups is 1. The van der Waals surface area contributed by atoms with E-state index in [4.69, 9.17) is 5.26 Å². The van der Waals surface area contributed by atoms with Crippen LogP contribution in [0, 0.1) is 11.3 Å². The average Bonchev–Trinajstić information content (AvgIpc) is 3.63. The summed E-state index contributed by atoms with van der Waals surface area (Å²) in [4.78, 5) is 13.0. The zero-order valence-corrected chi connectivity index (χ0v) is 22.8. The minimum Gasteiger partial charge on any atom is -0.477 e. The molecule has 0 saturated carbocycles. The maximum absolute atomic E-state index is 11.3. The molecule has 7 rings (SSSR count). The van der Waals surface area contributed by atoms with E-state index in [0.717, 1.165) is 37.4 Å². The summed E-state index contributed by atoms with van der Waals surface area (Å²) in [6, 6.07) is 36.1. The van der Waals surface area contributed by atoms with Gasteiger partial charge in [0.1, 0.15) is 11.6 Å². The van der Waals surface area contributed by atoms with Crippen molar-refractivity contribution < 1.29 is 9.90 Å². The first-order chi connectivity index (χ1) is 19.4. The van der Waals surface area contributed by atoms with Gasteiger partial charge in [0.2, 0.25) is 0 Å². The number of thiophene rings is 1. The fraction of sp³-hybridized carbons (Fsp3) is 0.0857. The van der Waals surface area contributed by atoms with Gasteiger partial charge in [0.05, 0.1) is 11.0 Å². The van der Waals surface area contributed by atoms with Crippen LogP contribution in [-0.4, -0.2) is 15.6 Å². The lowest BCUT2D eigenvalue weighted by Crippen LogP contribution is -2.15. The van der Waals surface area contributed by atoms with E-state index in [1.807, 2.05) is 12.1 Å². The Morgan fingerprint density at radius 1 is 0.850 bits per heavy atom. The quantitative estimate of drug-likeness (QED) is 0.181.